The van der Waals surface area contributed by atoms with Crippen LogP contribution in [0.5, 0.6) is 5.75 Å². The average Bonchev–Trinajstić information content (AvgIpc) is 2.88. The third-order valence-corrected chi connectivity index (χ3v) is 3.34. The van der Waals surface area contributed by atoms with Crippen molar-refractivity contribution < 1.29 is 9.47 Å². The molecule has 1 saturated heterocycles. The normalized spacial score (nSPS) is 16.9. The first-order valence-electron chi connectivity index (χ1n) is 6.54. The van der Waals surface area contributed by atoms with E-state index < -0.39 is 0 Å². The van der Waals surface area contributed by atoms with Crippen molar-refractivity contribution in [2.75, 3.05) is 40.0 Å². The summed E-state index contributed by atoms with van der Waals surface area (Å²) < 4.78 is 12.3. The van der Waals surface area contributed by atoms with Gasteiger partial charge in [0.1, 0.15) is 5.75 Å². The molecule has 2 aromatic heterocycles. The van der Waals surface area contributed by atoms with E-state index in [9.17, 15) is 0 Å². The Morgan fingerprint density at radius 1 is 1.37 bits per heavy atom. The molecule has 1 fully saturated rings. The summed E-state index contributed by atoms with van der Waals surface area (Å²) in [6, 6.07) is 3.78. The van der Waals surface area contributed by atoms with Crippen LogP contribution >= 0.6 is 0 Å². The van der Waals surface area contributed by atoms with E-state index in [1.165, 1.54) is 0 Å². The highest BCUT2D eigenvalue weighted by Crippen LogP contribution is 2.12. The summed E-state index contributed by atoms with van der Waals surface area (Å²) in [5.41, 5.74) is 0.830. The van der Waals surface area contributed by atoms with Crippen molar-refractivity contribution in [3.8, 4) is 5.75 Å². The molecular weight excluding hydrogens is 244 g/mol. The Bertz CT molecular complexity index is 549. The molecule has 0 spiro atoms. The lowest BCUT2D eigenvalue weighted by Gasteiger charge is -2.25. The van der Waals surface area contributed by atoms with Gasteiger partial charge in [0, 0.05) is 38.3 Å². The molecule has 0 aliphatic carbocycles. The van der Waals surface area contributed by atoms with Crippen molar-refractivity contribution in [3.63, 3.8) is 0 Å². The van der Waals surface area contributed by atoms with Gasteiger partial charge in [-0.3, -0.25) is 4.90 Å². The Hall–Kier alpha value is -1.66. The molecule has 0 bridgehead atoms. The Labute approximate surface area is 111 Å². The van der Waals surface area contributed by atoms with E-state index in [2.05, 4.69) is 15.0 Å². The fourth-order valence-electron chi connectivity index (χ4n) is 2.22. The highest BCUT2D eigenvalue weighted by atomic mass is 16.5. The zero-order valence-corrected chi connectivity index (χ0v) is 11.1. The van der Waals surface area contributed by atoms with Crippen molar-refractivity contribution in [2.45, 2.75) is 6.42 Å². The van der Waals surface area contributed by atoms with Gasteiger partial charge in [-0.2, -0.15) is 5.10 Å². The summed E-state index contributed by atoms with van der Waals surface area (Å²) in [5.74, 6) is 1.68. The molecule has 1 aliphatic rings. The molecule has 0 atom stereocenters. The largest absolute Gasteiger partial charge is 0.497 e. The predicted molar refractivity (Wildman–Crippen MR) is 70.5 cm³/mol. The molecule has 0 amide bonds. The summed E-state index contributed by atoms with van der Waals surface area (Å²) in [6.07, 6.45) is 2.74. The van der Waals surface area contributed by atoms with Crippen LogP contribution in [0.25, 0.3) is 5.65 Å². The van der Waals surface area contributed by atoms with Crippen LogP contribution < -0.4 is 4.74 Å². The lowest BCUT2D eigenvalue weighted by atomic mass is 10.3. The first kappa shape index (κ1) is 12.4. The number of nitrogens with zero attached hydrogens (tertiary/aromatic N) is 4. The third kappa shape index (κ3) is 2.85. The molecule has 6 heteroatoms. The van der Waals surface area contributed by atoms with Gasteiger partial charge < -0.3 is 9.47 Å². The van der Waals surface area contributed by atoms with Crippen molar-refractivity contribution in [3.05, 3.63) is 24.2 Å². The Kier molecular flexibility index (Phi) is 3.61. The number of hydrogen-bond acceptors (Lipinski definition) is 5. The topological polar surface area (TPSA) is 51.9 Å². The highest BCUT2D eigenvalue weighted by Gasteiger charge is 2.11. The first-order valence-corrected chi connectivity index (χ1v) is 6.54. The number of fused-ring (bicyclic) bond motifs is 1. The van der Waals surface area contributed by atoms with Crippen molar-refractivity contribution in [1.82, 2.24) is 19.5 Å². The van der Waals surface area contributed by atoms with E-state index in [0.29, 0.717) is 0 Å². The maximum atomic E-state index is 5.33. The van der Waals surface area contributed by atoms with Crippen LogP contribution in [0.15, 0.2) is 18.3 Å². The highest BCUT2D eigenvalue weighted by molar-refractivity contribution is 5.43. The zero-order chi connectivity index (χ0) is 13.1. The minimum atomic E-state index is 0.805. The van der Waals surface area contributed by atoms with Gasteiger partial charge in [0.25, 0.3) is 0 Å². The van der Waals surface area contributed by atoms with E-state index >= 15 is 0 Å². The third-order valence-electron chi connectivity index (χ3n) is 3.34. The summed E-state index contributed by atoms with van der Waals surface area (Å²) >= 11 is 0. The van der Waals surface area contributed by atoms with Crippen LogP contribution in [0.2, 0.25) is 0 Å². The minimum Gasteiger partial charge on any atom is -0.497 e. The van der Waals surface area contributed by atoms with Crippen molar-refractivity contribution in [1.29, 1.82) is 0 Å². The fraction of sp³-hybridized carbons (Fsp3) is 0.538. The molecule has 0 radical (unpaired) electrons. The molecule has 0 aromatic carbocycles. The average molecular weight is 262 g/mol. The second-order valence-corrected chi connectivity index (χ2v) is 4.60. The van der Waals surface area contributed by atoms with Gasteiger partial charge in [-0.1, -0.05) is 0 Å². The van der Waals surface area contributed by atoms with Crippen LogP contribution in [0, 0.1) is 0 Å². The van der Waals surface area contributed by atoms with E-state index in [0.717, 1.165) is 56.5 Å². The van der Waals surface area contributed by atoms with E-state index in [1.807, 2.05) is 18.3 Å². The van der Waals surface area contributed by atoms with Gasteiger partial charge in [-0.25, -0.2) is 9.50 Å². The van der Waals surface area contributed by atoms with Crippen LogP contribution in [0.1, 0.15) is 5.82 Å². The smallest absolute Gasteiger partial charge is 0.159 e. The molecule has 3 heterocycles. The molecule has 2 aromatic rings. The molecule has 3 rings (SSSR count). The van der Waals surface area contributed by atoms with Gasteiger partial charge in [0.05, 0.1) is 20.3 Å². The van der Waals surface area contributed by atoms with Crippen LogP contribution in [-0.4, -0.2) is 59.5 Å². The Balaban J connectivity index is 1.67. The van der Waals surface area contributed by atoms with E-state index in [-0.39, 0.29) is 0 Å². The fourth-order valence-corrected chi connectivity index (χ4v) is 2.22. The van der Waals surface area contributed by atoms with Gasteiger partial charge in [-0.15, -0.1) is 0 Å². The number of methoxy groups -OCH3 is 1. The second-order valence-electron chi connectivity index (χ2n) is 4.60. The van der Waals surface area contributed by atoms with Crippen molar-refractivity contribution >= 4 is 5.65 Å². The summed E-state index contributed by atoms with van der Waals surface area (Å²) in [5, 5.41) is 4.46. The number of pyridine rings is 1. The molecule has 6 nitrogen and oxygen atoms in total. The molecule has 0 unspecified atom stereocenters. The van der Waals surface area contributed by atoms with Crippen LogP contribution in [0.4, 0.5) is 0 Å². The number of ether oxygens (including phenoxy) is 2. The number of hydrogen-bond donors (Lipinski definition) is 0. The van der Waals surface area contributed by atoms with E-state index in [4.69, 9.17) is 9.47 Å². The number of rotatable bonds is 4. The lowest BCUT2D eigenvalue weighted by molar-refractivity contribution is 0.0382. The maximum absolute atomic E-state index is 5.33. The molecule has 0 N–H and O–H groups in total. The van der Waals surface area contributed by atoms with Gasteiger partial charge in [0.15, 0.2) is 11.5 Å². The summed E-state index contributed by atoms with van der Waals surface area (Å²) in [4.78, 5) is 6.90. The van der Waals surface area contributed by atoms with Gasteiger partial charge >= 0.3 is 0 Å². The number of morpholine rings is 1. The van der Waals surface area contributed by atoms with Crippen LogP contribution in [0.3, 0.4) is 0 Å². The second kappa shape index (κ2) is 5.54. The van der Waals surface area contributed by atoms with Gasteiger partial charge in [-0.05, 0) is 6.07 Å². The number of aromatic nitrogens is 3. The molecule has 102 valence electrons. The minimum absolute atomic E-state index is 0.805. The SMILES string of the molecule is COc1ccn2nc(CCN3CCOCC3)nc2c1. The van der Waals surface area contributed by atoms with Crippen molar-refractivity contribution in [2.24, 2.45) is 0 Å². The standard InChI is InChI=1S/C13H18N4O2/c1-18-11-2-5-17-13(10-11)14-12(15-17)3-4-16-6-8-19-9-7-16/h2,5,10H,3-4,6-9H2,1H3. The Morgan fingerprint density at radius 2 is 2.21 bits per heavy atom. The zero-order valence-electron chi connectivity index (χ0n) is 11.1. The lowest BCUT2D eigenvalue weighted by Crippen LogP contribution is -2.37. The summed E-state index contributed by atoms with van der Waals surface area (Å²) in [6.45, 7) is 4.64. The van der Waals surface area contributed by atoms with Gasteiger partial charge in [0.2, 0.25) is 0 Å². The first-order chi connectivity index (χ1) is 9.35. The molecule has 19 heavy (non-hydrogen) atoms. The molecule has 0 saturated carbocycles. The quantitative estimate of drug-likeness (QED) is 0.808. The molecule has 1 aliphatic heterocycles. The monoisotopic (exact) mass is 262 g/mol. The van der Waals surface area contributed by atoms with E-state index in [1.54, 1.807) is 11.6 Å². The maximum Gasteiger partial charge on any atom is 0.159 e. The van der Waals surface area contributed by atoms with Crippen LogP contribution in [-0.2, 0) is 11.2 Å². The predicted octanol–water partition coefficient (Wildman–Crippen LogP) is 0.613. The summed E-state index contributed by atoms with van der Waals surface area (Å²) in [7, 11) is 1.65. The molecular formula is C13H18N4O2. The Morgan fingerprint density at radius 3 is 3.00 bits per heavy atom.